The lowest BCUT2D eigenvalue weighted by Gasteiger charge is -1.99. The lowest BCUT2D eigenvalue weighted by molar-refractivity contribution is -0.144. The second kappa shape index (κ2) is 12.3. The highest BCUT2D eigenvalue weighted by molar-refractivity contribution is 6.30. The molecule has 1 aromatic rings. The summed E-state index contributed by atoms with van der Waals surface area (Å²) in [6.07, 6.45) is -0.532. The van der Waals surface area contributed by atoms with Gasteiger partial charge in [-0.25, -0.2) is 4.79 Å². The van der Waals surface area contributed by atoms with Crippen molar-refractivity contribution >= 4 is 25.2 Å². The van der Waals surface area contributed by atoms with Crippen LogP contribution in [0.1, 0.15) is 16.8 Å². The number of carboxylic acids is 3. The van der Waals surface area contributed by atoms with E-state index in [0.29, 0.717) is 5.56 Å². The summed E-state index contributed by atoms with van der Waals surface area (Å²) >= 11 is 0. The molecule has 0 bridgehead atoms. The van der Waals surface area contributed by atoms with Crippen LogP contribution in [0.15, 0.2) is 30.3 Å². The van der Waals surface area contributed by atoms with Crippen LogP contribution < -0.4 is 5.73 Å². The number of hydrogen-bond donors (Lipinski definition) is 7. The quantitative estimate of drug-likeness (QED) is 0.311. The van der Waals surface area contributed by atoms with Crippen LogP contribution in [0.5, 0.6) is 0 Å². The molecule has 0 heterocycles. The van der Waals surface area contributed by atoms with Crippen LogP contribution in [0.2, 0.25) is 0 Å². The van der Waals surface area contributed by atoms with Crippen molar-refractivity contribution in [1.82, 2.24) is 0 Å². The minimum Gasteiger partial charge on any atom is -0.481 e. The van der Waals surface area contributed by atoms with Crippen LogP contribution in [-0.2, 0) is 9.59 Å². The number of carboxylic acid groups (broad SMARTS) is 3. The van der Waals surface area contributed by atoms with E-state index in [1.807, 2.05) is 0 Å². The van der Waals surface area contributed by atoms with Gasteiger partial charge in [-0.2, -0.15) is 0 Å². The van der Waals surface area contributed by atoms with Crippen molar-refractivity contribution in [2.24, 2.45) is 5.73 Å². The molecule has 1 atom stereocenters. The van der Waals surface area contributed by atoms with Gasteiger partial charge in [-0.3, -0.25) is 9.59 Å². The Hall–Kier alpha value is -2.47. The maximum Gasteiger partial charge on any atom is 0.631 e. The van der Waals surface area contributed by atoms with Crippen molar-refractivity contribution in [3.05, 3.63) is 35.9 Å². The Morgan fingerprint density at radius 3 is 1.59 bits per heavy atom. The van der Waals surface area contributed by atoms with Crippen LogP contribution >= 0.6 is 0 Å². The number of carbonyl (C=O) groups is 3. The zero-order valence-electron chi connectivity index (χ0n) is 11.2. The van der Waals surface area contributed by atoms with Crippen LogP contribution in [0.4, 0.5) is 0 Å². The van der Waals surface area contributed by atoms with Crippen LogP contribution in [0, 0.1) is 0 Å². The molecule has 0 aromatic heterocycles. The van der Waals surface area contributed by atoms with Gasteiger partial charge in [0.15, 0.2) is 0 Å². The molecule has 8 N–H and O–H groups in total. The van der Waals surface area contributed by atoms with Gasteiger partial charge in [0.1, 0.15) is 6.04 Å². The van der Waals surface area contributed by atoms with Crippen molar-refractivity contribution in [1.29, 1.82) is 0 Å². The smallest absolute Gasteiger partial charge is 0.481 e. The Morgan fingerprint density at radius 2 is 1.41 bits per heavy atom. The Balaban J connectivity index is 0. The lowest BCUT2D eigenvalue weighted by atomic mass is 10.2. The van der Waals surface area contributed by atoms with Crippen molar-refractivity contribution < 1.29 is 44.8 Å². The molecule has 0 aliphatic rings. The summed E-state index contributed by atoms with van der Waals surface area (Å²) in [6.45, 7) is 0. The van der Waals surface area contributed by atoms with Gasteiger partial charge in [0, 0.05) is 0 Å². The molecule has 0 unspecified atom stereocenters. The van der Waals surface area contributed by atoms with E-state index < -0.39 is 37.7 Å². The number of nitrogens with two attached hydrogens (primary N) is 1. The summed E-state index contributed by atoms with van der Waals surface area (Å²) in [5, 5.41) is 45.9. The third kappa shape index (κ3) is 15.6. The summed E-state index contributed by atoms with van der Waals surface area (Å²) in [7, 11) is -2.17. The largest absolute Gasteiger partial charge is 0.631 e. The van der Waals surface area contributed by atoms with E-state index in [9.17, 15) is 14.4 Å². The number of benzene rings is 1. The monoisotopic (exact) mass is 317 g/mol. The van der Waals surface area contributed by atoms with Gasteiger partial charge in [0.25, 0.3) is 0 Å². The van der Waals surface area contributed by atoms with Gasteiger partial charge in [-0.1, -0.05) is 18.2 Å². The van der Waals surface area contributed by atoms with E-state index in [0.717, 1.165) is 0 Å². The number of hydrogen-bond acceptors (Lipinski definition) is 7. The van der Waals surface area contributed by atoms with Crippen molar-refractivity contribution in [2.45, 2.75) is 12.5 Å². The molecular formula is C11H16BNO9. The summed E-state index contributed by atoms with van der Waals surface area (Å²) in [5.41, 5.74) is 5.17. The first-order valence-corrected chi connectivity index (χ1v) is 5.60. The SMILES string of the molecule is N[C@H](CC(=O)O)C(=O)O.O=C(O)c1ccccc1.OB(O)O. The van der Waals surface area contributed by atoms with E-state index in [2.05, 4.69) is 0 Å². The average Bonchev–Trinajstić information content (AvgIpc) is 2.39. The highest BCUT2D eigenvalue weighted by Crippen LogP contribution is 1.96. The molecule has 0 aliphatic heterocycles. The molecule has 0 spiro atoms. The Labute approximate surface area is 125 Å². The predicted octanol–water partition coefficient (Wildman–Crippen LogP) is -1.79. The second-order valence-electron chi connectivity index (χ2n) is 3.56. The molecule has 1 aromatic carbocycles. The van der Waals surface area contributed by atoms with Crippen LogP contribution in [0.25, 0.3) is 0 Å². The van der Waals surface area contributed by atoms with Gasteiger partial charge >= 0.3 is 25.2 Å². The first kappa shape index (κ1) is 21.8. The summed E-state index contributed by atoms with van der Waals surface area (Å²) in [4.78, 5) is 29.8. The molecule has 122 valence electrons. The highest BCUT2D eigenvalue weighted by Gasteiger charge is 2.14. The minimum absolute atomic E-state index is 0.331. The fraction of sp³-hybridized carbons (Fsp3) is 0.182. The topological polar surface area (TPSA) is 199 Å². The van der Waals surface area contributed by atoms with Crippen molar-refractivity contribution in [2.75, 3.05) is 0 Å². The Kier molecular flexibility index (Phi) is 12.2. The van der Waals surface area contributed by atoms with E-state index >= 15 is 0 Å². The predicted molar refractivity (Wildman–Crippen MR) is 73.7 cm³/mol. The number of aliphatic carboxylic acids is 2. The highest BCUT2D eigenvalue weighted by atomic mass is 16.5. The molecule has 22 heavy (non-hydrogen) atoms. The third-order valence-electron chi connectivity index (χ3n) is 1.73. The summed E-state index contributed by atoms with van der Waals surface area (Å²) in [5.74, 6) is -3.38. The van der Waals surface area contributed by atoms with Crippen LogP contribution in [0.3, 0.4) is 0 Å². The Morgan fingerprint density at radius 1 is 1.00 bits per heavy atom. The van der Waals surface area contributed by atoms with Crippen LogP contribution in [-0.4, -0.2) is 61.7 Å². The van der Waals surface area contributed by atoms with Gasteiger partial charge < -0.3 is 36.1 Å². The fourth-order valence-electron chi connectivity index (χ4n) is 0.856. The van der Waals surface area contributed by atoms with E-state index in [1.165, 1.54) is 0 Å². The van der Waals surface area contributed by atoms with Crippen molar-refractivity contribution in [3.63, 3.8) is 0 Å². The van der Waals surface area contributed by atoms with Gasteiger partial charge in [-0.05, 0) is 12.1 Å². The van der Waals surface area contributed by atoms with E-state index in [-0.39, 0.29) is 0 Å². The molecule has 0 saturated heterocycles. The summed E-state index contributed by atoms with van der Waals surface area (Å²) < 4.78 is 0. The molecule has 10 nitrogen and oxygen atoms in total. The maximum atomic E-state index is 10.2. The zero-order chi connectivity index (χ0) is 17.7. The molecule has 0 aliphatic carbocycles. The first-order valence-electron chi connectivity index (χ1n) is 5.60. The van der Waals surface area contributed by atoms with Gasteiger partial charge in [0.2, 0.25) is 0 Å². The Bertz CT molecular complexity index is 463. The van der Waals surface area contributed by atoms with E-state index in [1.54, 1.807) is 30.3 Å². The molecule has 0 radical (unpaired) electrons. The standard InChI is InChI=1S/C7H6O2.C4H7NO4.BH3O3/c8-7(9)6-4-2-1-3-5-6;5-2(4(8)9)1-3(6)7;2-1(3)4/h1-5H,(H,8,9);2H,1,5H2,(H,6,7)(H,8,9);2-4H/t;2-;/m.1./s1. The molecule has 0 amide bonds. The lowest BCUT2D eigenvalue weighted by Crippen LogP contribution is -2.32. The second-order valence-corrected chi connectivity index (χ2v) is 3.56. The maximum absolute atomic E-state index is 10.2. The average molecular weight is 317 g/mol. The van der Waals surface area contributed by atoms with Crippen molar-refractivity contribution in [3.8, 4) is 0 Å². The normalized spacial score (nSPS) is 10.0. The number of aromatic carboxylic acids is 1. The molecule has 11 heteroatoms. The van der Waals surface area contributed by atoms with Gasteiger partial charge in [-0.15, -0.1) is 0 Å². The molecule has 0 saturated carbocycles. The molecule has 0 fully saturated rings. The fourth-order valence-corrected chi connectivity index (χ4v) is 0.856. The zero-order valence-corrected chi connectivity index (χ0v) is 11.2. The molecular weight excluding hydrogens is 301 g/mol. The summed E-state index contributed by atoms with van der Waals surface area (Å²) in [6, 6.07) is 7.01. The molecule has 1 rings (SSSR count). The first-order chi connectivity index (χ1) is 10.1. The van der Waals surface area contributed by atoms with Gasteiger partial charge in [0.05, 0.1) is 12.0 Å². The third-order valence-corrected chi connectivity index (χ3v) is 1.73. The number of rotatable bonds is 4. The van der Waals surface area contributed by atoms with E-state index in [4.69, 9.17) is 36.1 Å². The minimum atomic E-state index is -2.17.